The topological polar surface area (TPSA) is 119 Å². The fourth-order valence-electron chi connectivity index (χ4n) is 7.19. The molecule has 1 amide bonds. The number of fused-ring (bicyclic) bond motifs is 1. The predicted molar refractivity (Wildman–Crippen MR) is 176 cm³/mol. The van der Waals surface area contributed by atoms with Gasteiger partial charge in [-0.1, -0.05) is 35.5 Å². The summed E-state index contributed by atoms with van der Waals surface area (Å²) in [6.45, 7) is 5.12. The van der Waals surface area contributed by atoms with Gasteiger partial charge in [0.2, 0.25) is 5.91 Å². The summed E-state index contributed by atoms with van der Waals surface area (Å²) in [6, 6.07) is 21.5. The minimum absolute atomic E-state index is 0.0489. The van der Waals surface area contributed by atoms with E-state index in [-0.39, 0.29) is 29.8 Å². The second-order valence-corrected chi connectivity index (χ2v) is 12.9. The minimum atomic E-state index is -1.12. The summed E-state index contributed by atoms with van der Waals surface area (Å²) in [7, 11) is 1.62. The van der Waals surface area contributed by atoms with Crippen LogP contribution in [-0.2, 0) is 17.9 Å². The van der Waals surface area contributed by atoms with Crippen LogP contribution in [0.1, 0.15) is 42.2 Å². The molecule has 1 N–H and O–H groups in total. The van der Waals surface area contributed by atoms with Crippen LogP contribution in [0.4, 0.5) is 0 Å². The molecule has 2 fully saturated rings. The number of rotatable bonds is 8. The van der Waals surface area contributed by atoms with Gasteiger partial charge in [0.15, 0.2) is 5.65 Å². The van der Waals surface area contributed by atoms with Gasteiger partial charge in [-0.05, 0) is 68.6 Å². The van der Waals surface area contributed by atoms with E-state index in [1.165, 1.54) is 10.9 Å². The summed E-state index contributed by atoms with van der Waals surface area (Å²) < 4.78 is 13.9. The molecular weight excluding hydrogens is 596 g/mol. The van der Waals surface area contributed by atoms with E-state index >= 15 is 0 Å². The van der Waals surface area contributed by atoms with Crippen molar-refractivity contribution >= 4 is 16.9 Å². The third kappa shape index (κ3) is 6.33. The quantitative estimate of drug-likeness (QED) is 0.270. The van der Waals surface area contributed by atoms with Crippen LogP contribution in [-0.4, -0.2) is 79.0 Å². The summed E-state index contributed by atoms with van der Waals surface area (Å²) in [5.74, 6) is 1.58. The van der Waals surface area contributed by atoms with E-state index in [1.54, 1.807) is 13.2 Å². The van der Waals surface area contributed by atoms with Gasteiger partial charge in [0.1, 0.15) is 17.8 Å². The molecule has 11 nitrogen and oxygen atoms in total. The van der Waals surface area contributed by atoms with Gasteiger partial charge in [-0.3, -0.25) is 19.1 Å². The van der Waals surface area contributed by atoms with E-state index in [4.69, 9.17) is 9.26 Å². The lowest BCUT2D eigenvalue weighted by molar-refractivity contribution is -0.142. The first-order chi connectivity index (χ1) is 22.8. The summed E-state index contributed by atoms with van der Waals surface area (Å²) >= 11 is 0. The van der Waals surface area contributed by atoms with Gasteiger partial charge < -0.3 is 23.8 Å². The van der Waals surface area contributed by atoms with Crippen LogP contribution in [0.5, 0.6) is 5.75 Å². The number of aryl methyl sites for hydroxylation is 1. The van der Waals surface area contributed by atoms with Crippen molar-refractivity contribution < 1.29 is 19.2 Å². The Morgan fingerprint density at radius 1 is 1.06 bits per heavy atom. The zero-order chi connectivity index (χ0) is 32.5. The number of hydrogen-bond acceptors (Lipinski definition) is 8. The molecule has 5 heterocycles. The molecule has 7 rings (SSSR count). The second kappa shape index (κ2) is 12.8. The van der Waals surface area contributed by atoms with E-state index in [0.717, 1.165) is 48.0 Å². The summed E-state index contributed by atoms with van der Waals surface area (Å²) in [6.07, 6.45) is 4.85. The predicted octanol–water partition coefficient (Wildman–Crippen LogP) is 4.15. The lowest BCUT2D eigenvalue weighted by Crippen LogP contribution is -2.53. The third-order valence-electron chi connectivity index (χ3n) is 9.80. The minimum Gasteiger partial charge on any atom is -0.497 e. The Kier molecular flexibility index (Phi) is 8.42. The molecule has 0 spiro atoms. The molecule has 11 heteroatoms. The number of aliphatic hydroxyl groups is 1. The van der Waals surface area contributed by atoms with E-state index in [1.807, 2.05) is 71.1 Å². The molecule has 2 saturated heterocycles. The van der Waals surface area contributed by atoms with E-state index in [0.29, 0.717) is 43.5 Å². The lowest BCUT2D eigenvalue weighted by atomic mass is 9.79. The van der Waals surface area contributed by atoms with Crippen LogP contribution >= 0.6 is 0 Å². The van der Waals surface area contributed by atoms with Crippen LogP contribution in [0.2, 0.25) is 0 Å². The largest absolute Gasteiger partial charge is 0.497 e. The van der Waals surface area contributed by atoms with Crippen LogP contribution in [0.3, 0.4) is 0 Å². The van der Waals surface area contributed by atoms with Gasteiger partial charge in [-0.25, -0.2) is 4.98 Å². The Bertz CT molecular complexity index is 1910. The van der Waals surface area contributed by atoms with Crippen molar-refractivity contribution in [2.45, 2.75) is 50.8 Å². The van der Waals surface area contributed by atoms with Crippen LogP contribution in [0, 0.1) is 12.8 Å². The molecule has 0 bridgehead atoms. The second-order valence-electron chi connectivity index (χ2n) is 12.9. The maximum Gasteiger partial charge on any atom is 0.262 e. The van der Waals surface area contributed by atoms with Crippen LogP contribution in [0.15, 0.2) is 88.6 Å². The monoisotopic (exact) mass is 636 g/mol. The molecule has 0 aliphatic carbocycles. The smallest absolute Gasteiger partial charge is 0.262 e. The summed E-state index contributed by atoms with van der Waals surface area (Å²) in [4.78, 5) is 36.4. The number of benzene rings is 2. The molecule has 2 aliphatic rings. The Labute approximate surface area is 273 Å². The van der Waals surface area contributed by atoms with Gasteiger partial charge in [0.25, 0.3) is 5.56 Å². The van der Waals surface area contributed by atoms with Crippen LogP contribution in [0.25, 0.3) is 16.7 Å². The molecule has 0 unspecified atom stereocenters. The number of amides is 1. The van der Waals surface area contributed by atoms with Crippen molar-refractivity contribution in [1.82, 2.24) is 29.1 Å². The first-order valence-corrected chi connectivity index (χ1v) is 16.2. The Hall–Kier alpha value is -4.74. The normalized spacial score (nSPS) is 20.0. The average Bonchev–Trinajstić information content (AvgIpc) is 3.72. The highest BCUT2D eigenvalue weighted by atomic mass is 16.5. The fraction of sp³-hybridized carbons (Fsp3) is 0.389. The number of nitrogens with zero attached hydrogens (tertiary/aromatic N) is 6. The van der Waals surface area contributed by atoms with Gasteiger partial charge in [-0.15, -0.1) is 0 Å². The number of aromatic nitrogens is 4. The molecule has 0 radical (unpaired) electrons. The first kappa shape index (κ1) is 30.9. The SMILES string of the molecule is COc1ccc(-n2ccc3c(=O)n(CC4(O)CCN(C(=O)[C@@H]5CCN(Cc6cc(C)on6)C[C@H]5c5ccccc5)CC4)cnc32)cc1. The van der Waals surface area contributed by atoms with Crippen molar-refractivity contribution in [3.63, 3.8) is 0 Å². The van der Waals surface area contributed by atoms with Crippen molar-refractivity contribution in [3.05, 3.63) is 107 Å². The summed E-state index contributed by atoms with van der Waals surface area (Å²) in [5, 5.41) is 16.3. The van der Waals surface area contributed by atoms with Gasteiger partial charge in [-0.2, -0.15) is 0 Å². The molecule has 5 aromatic rings. The number of hydrogen-bond donors (Lipinski definition) is 1. The average molecular weight is 637 g/mol. The molecule has 244 valence electrons. The first-order valence-electron chi connectivity index (χ1n) is 16.2. The lowest BCUT2D eigenvalue weighted by Gasteiger charge is -2.43. The Morgan fingerprint density at radius 3 is 2.53 bits per heavy atom. The van der Waals surface area contributed by atoms with Crippen molar-refractivity contribution in [3.8, 4) is 11.4 Å². The fourth-order valence-corrected chi connectivity index (χ4v) is 7.19. The maximum atomic E-state index is 14.1. The van der Waals surface area contributed by atoms with Crippen molar-refractivity contribution in [1.29, 1.82) is 0 Å². The summed E-state index contributed by atoms with van der Waals surface area (Å²) in [5.41, 5.74) is 2.16. The highest BCUT2D eigenvalue weighted by molar-refractivity contribution is 5.80. The van der Waals surface area contributed by atoms with Gasteiger partial charge in [0.05, 0.1) is 30.3 Å². The standard InChI is InChI=1S/C36H40N6O5/c1-25-20-27(38-47-25)21-39-16-12-30(32(22-39)26-6-4-3-5-7-26)34(43)40-18-14-36(45,15-19-40)23-41-24-37-33-31(35(41)44)13-17-42(33)28-8-10-29(46-2)11-9-28/h3-11,13,17,20,24,30,32,45H,12,14-16,18-19,21-23H2,1-2H3/t30-,32+/m1/s1. The Morgan fingerprint density at radius 2 is 1.83 bits per heavy atom. The number of piperidine rings is 2. The molecule has 2 atom stereocenters. The van der Waals surface area contributed by atoms with Gasteiger partial charge in [0, 0.05) is 56.0 Å². The van der Waals surface area contributed by atoms with E-state index < -0.39 is 5.60 Å². The number of carbonyl (C=O) groups is 1. The number of carbonyl (C=O) groups excluding carboxylic acids is 1. The van der Waals surface area contributed by atoms with E-state index in [2.05, 4.69) is 27.2 Å². The van der Waals surface area contributed by atoms with Crippen LogP contribution < -0.4 is 10.3 Å². The highest BCUT2D eigenvalue weighted by Gasteiger charge is 2.41. The van der Waals surface area contributed by atoms with Crippen molar-refractivity contribution in [2.75, 3.05) is 33.3 Å². The zero-order valence-electron chi connectivity index (χ0n) is 26.8. The van der Waals surface area contributed by atoms with Crippen molar-refractivity contribution in [2.24, 2.45) is 5.92 Å². The molecular formula is C36H40N6O5. The third-order valence-corrected chi connectivity index (χ3v) is 9.80. The molecule has 2 aliphatic heterocycles. The van der Waals surface area contributed by atoms with E-state index in [9.17, 15) is 14.7 Å². The number of ether oxygens (including phenoxy) is 1. The molecule has 3 aromatic heterocycles. The number of methoxy groups -OCH3 is 1. The highest BCUT2D eigenvalue weighted by Crippen LogP contribution is 2.36. The molecule has 2 aromatic carbocycles. The molecule has 0 saturated carbocycles. The zero-order valence-corrected chi connectivity index (χ0v) is 26.8. The maximum absolute atomic E-state index is 14.1. The number of likely N-dealkylation sites (tertiary alicyclic amines) is 2. The van der Waals surface area contributed by atoms with Gasteiger partial charge >= 0.3 is 0 Å². The molecule has 47 heavy (non-hydrogen) atoms. The Balaban J connectivity index is 1.02.